The molecular formula is C12H19N2+. The number of rotatable bonds is 1. The minimum atomic E-state index is 0.664. The lowest BCUT2D eigenvalue weighted by Gasteiger charge is -2.30. The van der Waals surface area contributed by atoms with Crippen molar-refractivity contribution in [2.24, 2.45) is 7.05 Å². The SMILES string of the molecule is CC(C)N1CCc2c[n+](C)ccc2C1. The minimum absolute atomic E-state index is 0.664. The summed E-state index contributed by atoms with van der Waals surface area (Å²) in [6.45, 7) is 6.87. The molecule has 1 aliphatic heterocycles. The van der Waals surface area contributed by atoms with E-state index in [9.17, 15) is 0 Å². The van der Waals surface area contributed by atoms with Crippen LogP contribution in [0.25, 0.3) is 0 Å². The molecule has 0 fully saturated rings. The van der Waals surface area contributed by atoms with Crippen LogP contribution in [0.1, 0.15) is 25.0 Å². The largest absolute Gasteiger partial charge is 0.296 e. The van der Waals surface area contributed by atoms with Crippen molar-refractivity contribution >= 4 is 0 Å². The maximum atomic E-state index is 2.53. The summed E-state index contributed by atoms with van der Waals surface area (Å²) < 4.78 is 2.14. The molecule has 0 saturated carbocycles. The molecule has 2 rings (SSSR count). The van der Waals surface area contributed by atoms with E-state index in [2.05, 4.69) is 48.8 Å². The maximum Gasteiger partial charge on any atom is 0.172 e. The Hall–Kier alpha value is -0.890. The molecule has 1 aliphatic rings. The fourth-order valence-corrected chi connectivity index (χ4v) is 2.07. The Kier molecular flexibility index (Phi) is 2.55. The molecule has 14 heavy (non-hydrogen) atoms. The number of pyridine rings is 1. The van der Waals surface area contributed by atoms with Gasteiger partial charge < -0.3 is 0 Å². The normalized spacial score (nSPS) is 17.1. The summed E-state index contributed by atoms with van der Waals surface area (Å²) >= 11 is 0. The number of fused-ring (bicyclic) bond motifs is 1. The molecule has 0 N–H and O–H groups in total. The fourth-order valence-electron chi connectivity index (χ4n) is 2.07. The van der Waals surface area contributed by atoms with E-state index in [-0.39, 0.29) is 0 Å². The monoisotopic (exact) mass is 191 g/mol. The Bertz CT molecular complexity index is 331. The topological polar surface area (TPSA) is 7.12 Å². The first kappa shape index (κ1) is 9.66. The van der Waals surface area contributed by atoms with Crippen LogP contribution in [-0.2, 0) is 20.0 Å². The second-order valence-electron chi connectivity index (χ2n) is 4.48. The predicted octanol–water partition coefficient (Wildman–Crippen LogP) is 1.28. The molecule has 0 unspecified atom stereocenters. The zero-order valence-electron chi connectivity index (χ0n) is 9.33. The zero-order chi connectivity index (χ0) is 10.1. The van der Waals surface area contributed by atoms with E-state index in [4.69, 9.17) is 0 Å². The van der Waals surface area contributed by atoms with Gasteiger partial charge in [-0.25, -0.2) is 4.57 Å². The van der Waals surface area contributed by atoms with Crippen molar-refractivity contribution in [3.05, 3.63) is 29.6 Å². The minimum Gasteiger partial charge on any atom is -0.296 e. The molecule has 2 heteroatoms. The quantitative estimate of drug-likeness (QED) is 0.607. The summed E-state index contributed by atoms with van der Waals surface area (Å²) in [5.74, 6) is 0. The van der Waals surface area contributed by atoms with Crippen LogP contribution in [0.5, 0.6) is 0 Å². The fraction of sp³-hybridized carbons (Fsp3) is 0.583. The Morgan fingerprint density at radius 3 is 2.86 bits per heavy atom. The van der Waals surface area contributed by atoms with Crippen LogP contribution in [0.4, 0.5) is 0 Å². The third-order valence-corrected chi connectivity index (χ3v) is 3.05. The first-order chi connectivity index (χ1) is 6.66. The molecule has 0 radical (unpaired) electrons. The van der Waals surface area contributed by atoms with Gasteiger partial charge in [0.1, 0.15) is 7.05 Å². The van der Waals surface area contributed by atoms with Crippen LogP contribution in [0.15, 0.2) is 18.5 Å². The van der Waals surface area contributed by atoms with E-state index in [1.54, 1.807) is 0 Å². The Morgan fingerprint density at radius 2 is 2.14 bits per heavy atom. The predicted molar refractivity (Wildman–Crippen MR) is 56.9 cm³/mol. The first-order valence-electron chi connectivity index (χ1n) is 5.38. The molecule has 2 heterocycles. The lowest BCUT2D eigenvalue weighted by Crippen LogP contribution is -2.38. The van der Waals surface area contributed by atoms with Crippen LogP contribution >= 0.6 is 0 Å². The van der Waals surface area contributed by atoms with Crippen molar-refractivity contribution in [2.75, 3.05) is 6.54 Å². The third-order valence-electron chi connectivity index (χ3n) is 3.05. The highest BCUT2D eigenvalue weighted by Crippen LogP contribution is 2.18. The van der Waals surface area contributed by atoms with Gasteiger partial charge in [-0.15, -0.1) is 0 Å². The smallest absolute Gasteiger partial charge is 0.172 e. The molecule has 0 atom stereocenters. The van der Waals surface area contributed by atoms with Crippen molar-refractivity contribution in [3.8, 4) is 0 Å². The van der Waals surface area contributed by atoms with Crippen molar-refractivity contribution in [3.63, 3.8) is 0 Å². The lowest BCUT2D eigenvalue weighted by atomic mass is 10.0. The van der Waals surface area contributed by atoms with Crippen LogP contribution in [0.2, 0.25) is 0 Å². The van der Waals surface area contributed by atoms with Gasteiger partial charge in [0, 0.05) is 30.8 Å². The van der Waals surface area contributed by atoms with Crippen molar-refractivity contribution in [2.45, 2.75) is 32.9 Å². The van der Waals surface area contributed by atoms with E-state index in [0.29, 0.717) is 6.04 Å². The van der Waals surface area contributed by atoms with Gasteiger partial charge in [-0.1, -0.05) is 0 Å². The van der Waals surface area contributed by atoms with Gasteiger partial charge >= 0.3 is 0 Å². The molecule has 0 spiro atoms. The summed E-state index contributed by atoms with van der Waals surface area (Å²) in [6, 6.07) is 2.92. The molecular weight excluding hydrogens is 172 g/mol. The summed E-state index contributed by atoms with van der Waals surface area (Å²) in [5.41, 5.74) is 3.02. The maximum absolute atomic E-state index is 2.53. The second-order valence-corrected chi connectivity index (χ2v) is 4.48. The highest BCUT2D eigenvalue weighted by Gasteiger charge is 2.19. The van der Waals surface area contributed by atoms with Gasteiger partial charge in [0.05, 0.1) is 0 Å². The Morgan fingerprint density at radius 1 is 1.36 bits per heavy atom. The number of hydrogen-bond donors (Lipinski definition) is 0. The Balaban J connectivity index is 2.23. The molecule has 1 aromatic heterocycles. The van der Waals surface area contributed by atoms with Crippen LogP contribution in [-0.4, -0.2) is 17.5 Å². The van der Waals surface area contributed by atoms with Gasteiger partial charge in [-0.05, 0) is 25.8 Å². The number of aryl methyl sites for hydroxylation is 1. The molecule has 0 amide bonds. The van der Waals surface area contributed by atoms with Crippen molar-refractivity contribution in [1.29, 1.82) is 0 Å². The van der Waals surface area contributed by atoms with Crippen molar-refractivity contribution in [1.82, 2.24) is 4.90 Å². The van der Waals surface area contributed by atoms with E-state index in [0.717, 1.165) is 6.54 Å². The average Bonchev–Trinajstić information content (AvgIpc) is 2.16. The lowest BCUT2D eigenvalue weighted by molar-refractivity contribution is -0.672. The molecule has 76 valence electrons. The zero-order valence-corrected chi connectivity index (χ0v) is 9.33. The highest BCUT2D eigenvalue weighted by atomic mass is 15.1. The highest BCUT2D eigenvalue weighted by molar-refractivity contribution is 5.23. The second kappa shape index (κ2) is 3.70. The summed E-state index contributed by atoms with van der Waals surface area (Å²) in [6.07, 6.45) is 5.60. The third kappa shape index (κ3) is 1.80. The molecule has 1 aromatic rings. The summed E-state index contributed by atoms with van der Waals surface area (Å²) in [5, 5.41) is 0. The van der Waals surface area contributed by atoms with E-state index in [1.807, 2.05) is 0 Å². The van der Waals surface area contributed by atoms with Crippen LogP contribution in [0, 0.1) is 0 Å². The molecule has 0 bridgehead atoms. The molecule has 0 aromatic carbocycles. The number of hydrogen-bond acceptors (Lipinski definition) is 1. The molecule has 0 saturated heterocycles. The van der Waals surface area contributed by atoms with Gasteiger partial charge in [0.2, 0.25) is 0 Å². The van der Waals surface area contributed by atoms with Crippen molar-refractivity contribution < 1.29 is 4.57 Å². The average molecular weight is 191 g/mol. The standard InChI is InChI=1S/C12H19N2/c1-10(2)14-7-5-11-8-13(3)6-4-12(11)9-14/h4,6,8,10H,5,7,9H2,1-3H3/q+1. The van der Waals surface area contributed by atoms with Gasteiger partial charge in [0.15, 0.2) is 12.4 Å². The summed E-state index contributed by atoms with van der Waals surface area (Å²) in [7, 11) is 2.09. The molecule has 0 aliphatic carbocycles. The van der Waals surface area contributed by atoms with Gasteiger partial charge in [0.25, 0.3) is 0 Å². The van der Waals surface area contributed by atoms with E-state index in [1.165, 1.54) is 24.1 Å². The van der Waals surface area contributed by atoms with Crippen LogP contribution < -0.4 is 4.57 Å². The number of nitrogens with zero attached hydrogens (tertiary/aromatic N) is 2. The van der Waals surface area contributed by atoms with E-state index < -0.39 is 0 Å². The van der Waals surface area contributed by atoms with Gasteiger partial charge in [-0.3, -0.25) is 4.90 Å². The van der Waals surface area contributed by atoms with Crippen LogP contribution in [0.3, 0.4) is 0 Å². The first-order valence-corrected chi connectivity index (χ1v) is 5.38. The van der Waals surface area contributed by atoms with Gasteiger partial charge in [-0.2, -0.15) is 0 Å². The van der Waals surface area contributed by atoms with E-state index >= 15 is 0 Å². The molecule has 2 nitrogen and oxygen atoms in total. The number of aromatic nitrogens is 1. The Labute approximate surface area is 86.2 Å². The summed E-state index contributed by atoms with van der Waals surface area (Å²) in [4.78, 5) is 2.53.